The Bertz CT molecular complexity index is 1250. The molecule has 0 bridgehead atoms. The zero-order valence-corrected chi connectivity index (χ0v) is 21.5. The molecular formula is C28H34F3N3O2. The molecule has 5 nitrogen and oxygen atoms in total. The fourth-order valence-corrected chi connectivity index (χ4v) is 5.72. The van der Waals surface area contributed by atoms with Crippen LogP contribution in [-0.2, 0) is 22.1 Å². The summed E-state index contributed by atoms with van der Waals surface area (Å²) in [5, 5.41) is 3.29. The van der Waals surface area contributed by atoms with Gasteiger partial charge in [-0.25, -0.2) is 4.98 Å². The van der Waals surface area contributed by atoms with E-state index < -0.39 is 11.7 Å². The minimum absolute atomic E-state index is 0.167. The van der Waals surface area contributed by atoms with Gasteiger partial charge in [-0.2, -0.15) is 13.2 Å². The number of nitrogens with one attached hydrogen (secondary N) is 1. The van der Waals surface area contributed by atoms with Crippen LogP contribution >= 0.6 is 0 Å². The fourth-order valence-electron chi connectivity index (χ4n) is 5.72. The van der Waals surface area contributed by atoms with Gasteiger partial charge in [-0.15, -0.1) is 0 Å². The Morgan fingerprint density at radius 1 is 1.19 bits per heavy atom. The van der Waals surface area contributed by atoms with Crippen molar-refractivity contribution in [3.63, 3.8) is 0 Å². The van der Waals surface area contributed by atoms with Crippen molar-refractivity contribution in [2.24, 2.45) is 11.3 Å². The van der Waals surface area contributed by atoms with Gasteiger partial charge in [0.25, 0.3) is 0 Å². The minimum Gasteiger partial charge on any atom is -0.469 e. The highest BCUT2D eigenvalue weighted by Gasteiger charge is 2.35. The standard InChI is InChI=1S/C28H34F3N3O2/c1-17-12-22(16-27(3,4)15-17)34-24-13-18(2)19(6-11-25(35)36-5)14-23(24)33-26(34)32-21-9-7-20(8-10-21)28(29,30)31/h7-10,13-14,17,22H,6,11-12,15-16H2,1-5H3,(H,32,33)/t17-,22+/m0/s1. The van der Waals surface area contributed by atoms with Gasteiger partial charge in [-0.1, -0.05) is 20.8 Å². The molecule has 1 saturated carbocycles. The molecule has 1 fully saturated rings. The number of nitrogens with zero attached hydrogens (tertiary/aromatic N) is 2. The maximum Gasteiger partial charge on any atom is 0.416 e. The zero-order chi connectivity index (χ0) is 26.3. The summed E-state index contributed by atoms with van der Waals surface area (Å²) in [7, 11) is 1.38. The molecule has 0 spiro atoms. The number of hydrogen-bond donors (Lipinski definition) is 1. The Morgan fingerprint density at radius 3 is 2.50 bits per heavy atom. The number of ether oxygens (including phenoxy) is 1. The Kier molecular flexibility index (Phi) is 7.08. The molecule has 0 amide bonds. The van der Waals surface area contributed by atoms with Crippen molar-refractivity contribution in [2.75, 3.05) is 12.4 Å². The van der Waals surface area contributed by atoms with Gasteiger partial charge in [-0.05, 0) is 91.5 Å². The number of rotatable bonds is 6. The molecule has 1 N–H and O–H groups in total. The summed E-state index contributed by atoms with van der Waals surface area (Å²) in [6, 6.07) is 9.36. The van der Waals surface area contributed by atoms with Gasteiger partial charge in [0, 0.05) is 18.2 Å². The average Bonchev–Trinajstić information content (AvgIpc) is 3.12. The van der Waals surface area contributed by atoms with E-state index in [1.807, 2.05) is 13.0 Å². The monoisotopic (exact) mass is 501 g/mol. The third-order valence-electron chi connectivity index (χ3n) is 7.17. The quantitative estimate of drug-likeness (QED) is 0.353. The summed E-state index contributed by atoms with van der Waals surface area (Å²) in [5.74, 6) is 0.892. The van der Waals surface area contributed by atoms with Gasteiger partial charge in [-0.3, -0.25) is 4.79 Å². The highest BCUT2D eigenvalue weighted by atomic mass is 19.4. The predicted octanol–water partition coefficient (Wildman–Crippen LogP) is 7.60. The molecule has 8 heteroatoms. The van der Waals surface area contributed by atoms with E-state index in [1.54, 1.807) is 0 Å². The number of methoxy groups -OCH3 is 1. The van der Waals surface area contributed by atoms with Crippen LogP contribution in [-0.4, -0.2) is 22.6 Å². The molecule has 0 saturated heterocycles. The number of aryl methyl sites for hydroxylation is 2. The second kappa shape index (κ2) is 9.79. The molecule has 4 rings (SSSR count). The van der Waals surface area contributed by atoms with Gasteiger partial charge in [0.15, 0.2) is 0 Å². The van der Waals surface area contributed by atoms with Crippen molar-refractivity contribution in [2.45, 2.75) is 72.0 Å². The van der Waals surface area contributed by atoms with Crippen LogP contribution in [0.25, 0.3) is 11.0 Å². The fraction of sp³-hybridized carbons (Fsp3) is 0.500. The van der Waals surface area contributed by atoms with Crippen LogP contribution in [0.4, 0.5) is 24.8 Å². The third-order valence-corrected chi connectivity index (χ3v) is 7.17. The lowest BCUT2D eigenvalue weighted by atomic mass is 9.70. The normalized spacial score (nSPS) is 19.9. The largest absolute Gasteiger partial charge is 0.469 e. The van der Waals surface area contributed by atoms with Gasteiger partial charge in [0.2, 0.25) is 5.95 Å². The number of fused-ring (bicyclic) bond motifs is 1. The molecular weight excluding hydrogens is 467 g/mol. The van der Waals surface area contributed by atoms with Crippen molar-refractivity contribution in [3.8, 4) is 0 Å². The summed E-state index contributed by atoms with van der Waals surface area (Å²) in [4.78, 5) is 16.6. The molecule has 1 aromatic heterocycles. The van der Waals surface area contributed by atoms with Gasteiger partial charge in [0.05, 0.1) is 23.7 Å². The summed E-state index contributed by atoms with van der Waals surface area (Å²) in [6.45, 7) is 8.87. The smallest absolute Gasteiger partial charge is 0.416 e. The van der Waals surface area contributed by atoms with Gasteiger partial charge < -0.3 is 14.6 Å². The second-order valence-electron chi connectivity index (χ2n) is 10.9. The molecule has 1 aliphatic carbocycles. The Balaban J connectivity index is 1.76. The number of aromatic nitrogens is 2. The van der Waals surface area contributed by atoms with Crippen LogP contribution in [0.1, 0.15) is 69.2 Å². The van der Waals surface area contributed by atoms with Crippen LogP contribution in [0, 0.1) is 18.3 Å². The number of hydrogen-bond acceptors (Lipinski definition) is 4. The Morgan fingerprint density at radius 2 is 1.89 bits per heavy atom. The maximum absolute atomic E-state index is 13.0. The van der Waals surface area contributed by atoms with Crippen molar-refractivity contribution in [1.29, 1.82) is 0 Å². The van der Waals surface area contributed by atoms with E-state index in [1.165, 1.54) is 19.2 Å². The number of alkyl halides is 3. The molecule has 2 aromatic carbocycles. The van der Waals surface area contributed by atoms with E-state index in [-0.39, 0.29) is 23.8 Å². The topological polar surface area (TPSA) is 56.1 Å². The van der Waals surface area contributed by atoms with Crippen LogP contribution in [0.15, 0.2) is 36.4 Å². The zero-order valence-electron chi connectivity index (χ0n) is 21.5. The summed E-state index contributed by atoms with van der Waals surface area (Å²) >= 11 is 0. The van der Waals surface area contributed by atoms with E-state index >= 15 is 0 Å². The van der Waals surface area contributed by atoms with Gasteiger partial charge >= 0.3 is 12.1 Å². The van der Waals surface area contributed by atoms with Crippen molar-refractivity contribution in [1.82, 2.24) is 9.55 Å². The second-order valence-corrected chi connectivity index (χ2v) is 10.9. The Hall–Kier alpha value is -3.03. The summed E-state index contributed by atoms with van der Waals surface area (Å²) in [5.41, 5.74) is 3.90. The molecule has 36 heavy (non-hydrogen) atoms. The summed E-state index contributed by atoms with van der Waals surface area (Å²) < 4.78 is 46.2. The number of halogens is 3. The Labute approximate surface area is 210 Å². The lowest BCUT2D eigenvalue weighted by Crippen LogP contribution is -2.29. The first-order chi connectivity index (χ1) is 16.9. The third kappa shape index (κ3) is 5.68. The first-order valence-electron chi connectivity index (χ1n) is 12.4. The molecule has 0 aliphatic heterocycles. The van der Waals surface area contributed by atoms with Crippen molar-refractivity contribution in [3.05, 3.63) is 53.1 Å². The summed E-state index contributed by atoms with van der Waals surface area (Å²) in [6.07, 6.45) is -0.416. The number of carbonyl (C=O) groups excluding carboxylic acids is 1. The van der Waals surface area contributed by atoms with E-state index in [4.69, 9.17) is 9.72 Å². The molecule has 2 atom stereocenters. The van der Waals surface area contributed by atoms with E-state index in [2.05, 4.69) is 36.7 Å². The molecule has 3 aromatic rings. The van der Waals surface area contributed by atoms with Crippen LogP contribution < -0.4 is 5.32 Å². The average molecular weight is 502 g/mol. The van der Waals surface area contributed by atoms with E-state index in [9.17, 15) is 18.0 Å². The molecule has 1 aliphatic rings. The van der Waals surface area contributed by atoms with Crippen molar-refractivity contribution < 1.29 is 22.7 Å². The lowest BCUT2D eigenvalue weighted by molar-refractivity contribution is -0.140. The highest BCUT2D eigenvalue weighted by molar-refractivity contribution is 5.82. The number of anilines is 2. The predicted molar refractivity (Wildman–Crippen MR) is 135 cm³/mol. The number of carbonyl (C=O) groups is 1. The number of esters is 1. The van der Waals surface area contributed by atoms with Gasteiger partial charge in [0.1, 0.15) is 0 Å². The first kappa shape index (κ1) is 26.0. The lowest BCUT2D eigenvalue weighted by Gasteiger charge is -2.40. The minimum atomic E-state index is -4.38. The van der Waals surface area contributed by atoms with Crippen LogP contribution in [0.5, 0.6) is 0 Å². The maximum atomic E-state index is 13.0. The highest BCUT2D eigenvalue weighted by Crippen LogP contribution is 2.46. The van der Waals surface area contributed by atoms with E-state index in [0.717, 1.165) is 53.6 Å². The molecule has 0 radical (unpaired) electrons. The SMILES string of the molecule is COC(=O)CCc1cc2nc(Nc3ccc(C(F)(F)F)cc3)n([C@@H]3C[C@H](C)CC(C)(C)C3)c2cc1C. The van der Waals surface area contributed by atoms with Crippen molar-refractivity contribution >= 4 is 28.6 Å². The molecule has 194 valence electrons. The van der Waals surface area contributed by atoms with E-state index in [0.29, 0.717) is 24.0 Å². The molecule has 1 heterocycles. The number of benzene rings is 2. The first-order valence-corrected chi connectivity index (χ1v) is 12.4. The number of imidazole rings is 1. The van der Waals surface area contributed by atoms with Crippen LogP contribution in [0.3, 0.4) is 0 Å². The van der Waals surface area contributed by atoms with Crippen LogP contribution in [0.2, 0.25) is 0 Å². The molecule has 0 unspecified atom stereocenters.